The number of hydrogen-bond donors (Lipinski definition) is 0. The van der Waals surface area contributed by atoms with Crippen LogP contribution in [0.15, 0.2) is 48.7 Å². The average molecular weight is 528 g/mol. The van der Waals surface area contributed by atoms with Crippen molar-refractivity contribution in [2.75, 3.05) is 32.7 Å². The quantitative estimate of drug-likeness (QED) is 0.197. The molecule has 0 N–H and O–H groups in total. The van der Waals surface area contributed by atoms with Crippen molar-refractivity contribution in [1.82, 2.24) is 23.9 Å². The Balaban J connectivity index is 1.52. The van der Waals surface area contributed by atoms with Crippen molar-refractivity contribution in [3.05, 3.63) is 54.2 Å². The Kier molecular flexibility index (Phi) is 9.02. The fourth-order valence-corrected chi connectivity index (χ4v) is 6.04. The van der Waals surface area contributed by atoms with Gasteiger partial charge in [0.2, 0.25) is 0 Å². The van der Waals surface area contributed by atoms with E-state index in [1.54, 1.807) is 0 Å². The molecule has 3 heterocycles. The summed E-state index contributed by atoms with van der Waals surface area (Å²) in [6.45, 7) is 10.4. The van der Waals surface area contributed by atoms with E-state index in [0.717, 1.165) is 86.3 Å². The van der Waals surface area contributed by atoms with E-state index in [-0.39, 0.29) is 5.91 Å². The van der Waals surface area contributed by atoms with Gasteiger partial charge in [0.25, 0.3) is 5.91 Å². The number of aromatic nitrogens is 3. The lowest BCUT2D eigenvalue weighted by Crippen LogP contribution is -2.33. The van der Waals surface area contributed by atoms with Crippen molar-refractivity contribution in [2.45, 2.75) is 71.8 Å². The molecule has 1 aliphatic rings. The fraction of sp³-hybridized carbons (Fsp3) is 0.515. The SMILES string of the molecule is CCCCN(CCCC)C(=O)c1ccc2nc(-c3cn(C)c4ccccc34)n(CCCN3CCCCC3)c2c1. The summed E-state index contributed by atoms with van der Waals surface area (Å²) in [6.07, 6.45) is 11.5. The molecule has 0 unspecified atom stereocenters. The standard InChI is InChI=1S/C33H45N5O/c1-4-6-21-37(22-7-5-2)33(39)26-16-17-29-31(24-26)38(23-13-20-36-18-11-8-12-19-36)32(34-29)28-25-35(3)30-15-10-9-14-27(28)30/h9-10,14-17,24-25H,4-8,11-13,18-23H2,1-3H3. The number of para-hydroxylation sites is 1. The second-order valence-corrected chi connectivity index (χ2v) is 11.2. The normalized spacial score (nSPS) is 14.4. The first-order chi connectivity index (χ1) is 19.1. The molecular weight excluding hydrogens is 482 g/mol. The maximum atomic E-state index is 13.7. The van der Waals surface area contributed by atoms with Gasteiger partial charge in [0.15, 0.2) is 0 Å². The molecule has 39 heavy (non-hydrogen) atoms. The number of hydrogen-bond acceptors (Lipinski definition) is 3. The van der Waals surface area contributed by atoms with E-state index in [2.05, 4.69) is 82.4 Å². The van der Waals surface area contributed by atoms with Crippen LogP contribution in [0.2, 0.25) is 0 Å². The molecule has 0 bridgehead atoms. The van der Waals surface area contributed by atoms with Gasteiger partial charge >= 0.3 is 0 Å². The highest BCUT2D eigenvalue weighted by Gasteiger charge is 2.21. The lowest BCUT2D eigenvalue weighted by molar-refractivity contribution is 0.0751. The zero-order valence-corrected chi connectivity index (χ0v) is 24.2. The van der Waals surface area contributed by atoms with Crippen molar-refractivity contribution < 1.29 is 4.79 Å². The third-order valence-electron chi connectivity index (χ3n) is 8.29. The van der Waals surface area contributed by atoms with Crippen molar-refractivity contribution >= 4 is 27.8 Å². The van der Waals surface area contributed by atoms with Crippen LogP contribution in [0.5, 0.6) is 0 Å². The summed E-state index contributed by atoms with van der Waals surface area (Å²) in [4.78, 5) is 23.5. The highest BCUT2D eigenvalue weighted by atomic mass is 16.2. The highest BCUT2D eigenvalue weighted by molar-refractivity contribution is 5.99. The molecule has 1 saturated heterocycles. The van der Waals surface area contributed by atoms with Gasteiger partial charge in [0.05, 0.1) is 11.0 Å². The van der Waals surface area contributed by atoms with Crippen molar-refractivity contribution in [3.63, 3.8) is 0 Å². The van der Waals surface area contributed by atoms with E-state index in [0.29, 0.717) is 0 Å². The summed E-state index contributed by atoms with van der Waals surface area (Å²) in [5, 5.41) is 1.22. The zero-order chi connectivity index (χ0) is 27.2. The summed E-state index contributed by atoms with van der Waals surface area (Å²) in [5.74, 6) is 1.14. The van der Waals surface area contributed by atoms with E-state index < -0.39 is 0 Å². The van der Waals surface area contributed by atoms with Crippen LogP contribution in [0.3, 0.4) is 0 Å². The molecule has 4 aromatic rings. The average Bonchev–Trinajstić information content (AvgIpc) is 3.50. The number of fused-ring (bicyclic) bond motifs is 2. The smallest absolute Gasteiger partial charge is 0.253 e. The second-order valence-electron chi connectivity index (χ2n) is 11.2. The second kappa shape index (κ2) is 12.8. The lowest BCUT2D eigenvalue weighted by Gasteiger charge is -2.26. The number of benzene rings is 2. The molecule has 0 spiro atoms. The predicted octanol–water partition coefficient (Wildman–Crippen LogP) is 7.11. The van der Waals surface area contributed by atoms with Crippen LogP contribution < -0.4 is 0 Å². The van der Waals surface area contributed by atoms with Gasteiger partial charge in [-0.3, -0.25) is 4.79 Å². The van der Waals surface area contributed by atoms with E-state index in [1.807, 2.05) is 6.07 Å². The minimum atomic E-state index is 0.145. The number of unbranched alkanes of at least 4 members (excludes halogenated alkanes) is 2. The molecule has 1 amide bonds. The third-order valence-corrected chi connectivity index (χ3v) is 8.29. The summed E-state index contributed by atoms with van der Waals surface area (Å²) in [6, 6.07) is 14.7. The molecule has 6 heteroatoms. The zero-order valence-electron chi connectivity index (χ0n) is 24.2. The van der Waals surface area contributed by atoms with E-state index >= 15 is 0 Å². The Morgan fingerprint density at radius 3 is 2.38 bits per heavy atom. The highest BCUT2D eigenvalue weighted by Crippen LogP contribution is 2.33. The predicted molar refractivity (Wildman–Crippen MR) is 162 cm³/mol. The molecule has 0 aliphatic carbocycles. The molecule has 6 nitrogen and oxygen atoms in total. The van der Waals surface area contributed by atoms with Crippen LogP contribution in [0.1, 0.15) is 75.6 Å². The van der Waals surface area contributed by atoms with Crippen LogP contribution >= 0.6 is 0 Å². The van der Waals surface area contributed by atoms with Gasteiger partial charge in [-0.25, -0.2) is 4.98 Å². The largest absolute Gasteiger partial charge is 0.350 e. The van der Waals surface area contributed by atoms with Gasteiger partial charge in [0, 0.05) is 54.9 Å². The van der Waals surface area contributed by atoms with Crippen LogP contribution in [-0.4, -0.2) is 62.5 Å². The van der Waals surface area contributed by atoms with E-state index in [9.17, 15) is 4.79 Å². The van der Waals surface area contributed by atoms with Crippen molar-refractivity contribution in [3.8, 4) is 11.4 Å². The molecule has 1 aliphatic heterocycles. The molecule has 2 aromatic carbocycles. The first-order valence-electron chi connectivity index (χ1n) is 15.2. The lowest BCUT2D eigenvalue weighted by atomic mass is 10.1. The number of piperidine rings is 1. The Morgan fingerprint density at radius 2 is 1.64 bits per heavy atom. The summed E-state index contributed by atoms with van der Waals surface area (Å²) < 4.78 is 4.57. The third kappa shape index (κ3) is 6.06. The maximum absolute atomic E-state index is 13.7. The molecule has 0 saturated carbocycles. The molecule has 2 aromatic heterocycles. The van der Waals surface area contributed by atoms with E-state index in [4.69, 9.17) is 4.98 Å². The maximum Gasteiger partial charge on any atom is 0.253 e. The van der Waals surface area contributed by atoms with Crippen molar-refractivity contribution in [2.24, 2.45) is 7.05 Å². The van der Waals surface area contributed by atoms with Crippen LogP contribution in [-0.2, 0) is 13.6 Å². The summed E-state index contributed by atoms with van der Waals surface area (Å²) >= 11 is 0. The first-order valence-corrected chi connectivity index (χ1v) is 15.2. The van der Waals surface area contributed by atoms with E-state index in [1.165, 1.54) is 43.3 Å². The molecule has 5 rings (SSSR count). The minimum Gasteiger partial charge on any atom is -0.350 e. The van der Waals surface area contributed by atoms with Gasteiger partial charge in [-0.15, -0.1) is 0 Å². The Bertz CT molecular complexity index is 1390. The topological polar surface area (TPSA) is 46.3 Å². The first kappa shape index (κ1) is 27.4. The Labute approximate surface area is 233 Å². The monoisotopic (exact) mass is 527 g/mol. The number of carbonyl (C=O) groups excluding carboxylic acids is 1. The number of aryl methyl sites for hydroxylation is 2. The Morgan fingerprint density at radius 1 is 0.897 bits per heavy atom. The van der Waals surface area contributed by atoms with Crippen LogP contribution in [0.4, 0.5) is 0 Å². The number of amides is 1. The number of rotatable bonds is 12. The number of likely N-dealkylation sites (tertiary alicyclic amines) is 1. The molecule has 0 atom stereocenters. The number of imidazole rings is 1. The fourth-order valence-electron chi connectivity index (χ4n) is 6.04. The molecule has 1 fully saturated rings. The van der Waals surface area contributed by atoms with Gasteiger partial charge in [-0.1, -0.05) is 51.3 Å². The van der Waals surface area contributed by atoms with Gasteiger partial charge in [-0.2, -0.15) is 0 Å². The Hall–Kier alpha value is -3.12. The molecular formula is C33H45N5O. The minimum absolute atomic E-state index is 0.145. The van der Waals surface area contributed by atoms with Gasteiger partial charge in [-0.05, 0) is 76.0 Å². The molecule has 0 radical (unpaired) electrons. The number of nitrogens with zero attached hydrogens (tertiary/aromatic N) is 5. The van der Waals surface area contributed by atoms with Gasteiger partial charge in [0.1, 0.15) is 5.82 Å². The number of carbonyl (C=O) groups is 1. The molecule has 208 valence electrons. The summed E-state index contributed by atoms with van der Waals surface area (Å²) in [5.41, 5.74) is 5.16. The summed E-state index contributed by atoms with van der Waals surface area (Å²) in [7, 11) is 2.10. The van der Waals surface area contributed by atoms with Crippen LogP contribution in [0, 0.1) is 0 Å². The van der Waals surface area contributed by atoms with Gasteiger partial charge < -0.3 is 18.9 Å². The van der Waals surface area contributed by atoms with Crippen molar-refractivity contribution in [1.29, 1.82) is 0 Å². The van der Waals surface area contributed by atoms with Crippen LogP contribution in [0.25, 0.3) is 33.3 Å².